The fourth-order valence-electron chi connectivity index (χ4n) is 1.68. The molecule has 0 bridgehead atoms. The summed E-state index contributed by atoms with van der Waals surface area (Å²) in [6.07, 6.45) is 1.78. The number of hydrogen-bond acceptors (Lipinski definition) is 3. The van der Waals surface area contributed by atoms with Crippen LogP contribution in [-0.2, 0) is 6.61 Å². The van der Waals surface area contributed by atoms with Crippen molar-refractivity contribution in [1.29, 1.82) is 0 Å². The summed E-state index contributed by atoms with van der Waals surface area (Å²) in [5.74, 6) is 1.15. The topological polar surface area (TPSA) is 39.4 Å². The first-order valence-electron chi connectivity index (χ1n) is 5.61. The molecule has 0 aliphatic rings. The van der Waals surface area contributed by atoms with Gasteiger partial charge >= 0.3 is 0 Å². The van der Waals surface area contributed by atoms with Crippen LogP contribution in [0, 0.1) is 0 Å². The van der Waals surface area contributed by atoms with E-state index in [0.29, 0.717) is 27.3 Å². The van der Waals surface area contributed by atoms with E-state index in [1.54, 1.807) is 28.9 Å². The lowest BCUT2D eigenvalue weighted by atomic mass is 10.3. The van der Waals surface area contributed by atoms with Gasteiger partial charge in [-0.3, -0.25) is 0 Å². The molecular weight excluding hydrogens is 285 g/mol. The molecule has 0 saturated heterocycles. The highest BCUT2D eigenvalue weighted by molar-refractivity contribution is 6.33. The van der Waals surface area contributed by atoms with Gasteiger partial charge in [-0.2, -0.15) is 0 Å². The quantitative estimate of drug-likeness (QED) is 0.740. The number of para-hydroxylation sites is 1. The fourth-order valence-corrected chi connectivity index (χ4v) is 2.08. The lowest BCUT2D eigenvalue weighted by Gasteiger charge is -2.04. The molecule has 19 heavy (non-hydrogen) atoms. The van der Waals surface area contributed by atoms with Crippen molar-refractivity contribution in [3.8, 4) is 5.75 Å². The van der Waals surface area contributed by atoms with Gasteiger partial charge in [0.2, 0.25) is 0 Å². The van der Waals surface area contributed by atoms with E-state index in [4.69, 9.17) is 27.9 Å². The summed E-state index contributed by atoms with van der Waals surface area (Å²) in [5, 5.41) is 5.39. The standard InChI is InChI=1S/C13H9Cl2N3O/c14-9-4-1-2-6-11(9)19-8-12-16-13-10(15)5-3-7-18(13)17-12/h1-7H,8H2. The van der Waals surface area contributed by atoms with Crippen LogP contribution in [0.15, 0.2) is 42.6 Å². The third kappa shape index (κ3) is 2.50. The molecule has 4 nitrogen and oxygen atoms in total. The minimum Gasteiger partial charge on any atom is -0.484 e. The zero-order valence-corrected chi connectivity index (χ0v) is 11.3. The molecule has 0 aliphatic carbocycles. The second-order valence-electron chi connectivity index (χ2n) is 3.87. The summed E-state index contributed by atoms with van der Waals surface area (Å²) in [5.41, 5.74) is 0.613. The molecule has 2 aromatic heterocycles. The lowest BCUT2D eigenvalue weighted by Crippen LogP contribution is -1.98. The van der Waals surface area contributed by atoms with Crippen LogP contribution in [0.1, 0.15) is 5.82 Å². The molecule has 3 rings (SSSR count). The molecule has 3 aromatic rings. The van der Waals surface area contributed by atoms with Gasteiger partial charge in [0.05, 0.1) is 10.0 Å². The van der Waals surface area contributed by atoms with Gasteiger partial charge in [-0.1, -0.05) is 35.3 Å². The minimum absolute atomic E-state index is 0.238. The predicted molar refractivity (Wildman–Crippen MR) is 73.8 cm³/mol. The number of ether oxygens (including phenoxy) is 1. The molecule has 96 valence electrons. The molecule has 0 fully saturated rings. The van der Waals surface area contributed by atoms with Crippen LogP contribution in [0.4, 0.5) is 0 Å². The van der Waals surface area contributed by atoms with Crippen molar-refractivity contribution in [2.45, 2.75) is 6.61 Å². The van der Waals surface area contributed by atoms with Crippen molar-refractivity contribution >= 4 is 28.8 Å². The van der Waals surface area contributed by atoms with Crippen LogP contribution in [-0.4, -0.2) is 14.6 Å². The molecule has 0 atom stereocenters. The van der Waals surface area contributed by atoms with Crippen LogP contribution >= 0.6 is 23.2 Å². The number of fused-ring (bicyclic) bond motifs is 1. The van der Waals surface area contributed by atoms with Crippen LogP contribution in [0.5, 0.6) is 5.75 Å². The van der Waals surface area contributed by atoms with Gasteiger partial charge in [0.1, 0.15) is 12.4 Å². The molecule has 0 N–H and O–H groups in total. The Balaban J connectivity index is 1.83. The second-order valence-corrected chi connectivity index (χ2v) is 4.69. The Morgan fingerprint density at radius 2 is 1.84 bits per heavy atom. The van der Waals surface area contributed by atoms with Crippen molar-refractivity contribution in [3.05, 3.63) is 58.5 Å². The highest BCUT2D eigenvalue weighted by atomic mass is 35.5. The Labute approximate surface area is 119 Å². The molecule has 0 saturated carbocycles. The molecule has 0 spiro atoms. The average molecular weight is 294 g/mol. The zero-order valence-electron chi connectivity index (χ0n) is 9.75. The first-order chi connectivity index (χ1) is 9.24. The first kappa shape index (κ1) is 12.3. The van der Waals surface area contributed by atoms with Gasteiger partial charge in [-0.05, 0) is 24.3 Å². The van der Waals surface area contributed by atoms with E-state index >= 15 is 0 Å². The average Bonchev–Trinajstić information content (AvgIpc) is 2.82. The second kappa shape index (κ2) is 5.07. The van der Waals surface area contributed by atoms with Gasteiger partial charge < -0.3 is 4.74 Å². The van der Waals surface area contributed by atoms with E-state index in [1.165, 1.54) is 0 Å². The predicted octanol–water partition coefficient (Wildman–Crippen LogP) is 3.62. The third-order valence-corrected chi connectivity index (χ3v) is 3.16. The number of aromatic nitrogens is 3. The maximum atomic E-state index is 6.03. The Bertz CT molecular complexity index is 727. The summed E-state index contributed by atoms with van der Waals surface area (Å²) in [7, 11) is 0. The van der Waals surface area contributed by atoms with Crippen LogP contribution in [0.2, 0.25) is 10.0 Å². The van der Waals surface area contributed by atoms with E-state index in [2.05, 4.69) is 10.1 Å². The third-order valence-electron chi connectivity index (χ3n) is 2.55. The normalized spacial score (nSPS) is 10.8. The van der Waals surface area contributed by atoms with Gasteiger partial charge in [0.25, 0.3) is 0 Å². The summed E-state index contributed by atoms with van der Waals surface area (Å²) < 4.78 is 7.20. The molecule has 0 amide bonds. The van der Waals surface area contributed by atoms with Crippen molar-refractivity contribution in [2.75, 3.05) is 0 Å². The van der Waals surface area contributed by atoms with Gasteiger partial charge in [-0.15, -0.1) is 5.10 Å². The lowest BCUT2D eigenvalue weighted by molar-refractivity contribution is 0.296. The van der Waals surface area contributed by atoms with E-state index in [1.807, 2.05) is 18.2 Å². The molecule has 0 radical (unpaired) electrons. The monoisotopic (exact) mass is 293 g/mol. The van der Waals surface area contributed by atoms with Crippen LogP contribution in [0.3, 0.4) is 0 Å². The Kier molecular flexibility index (Phi) is 3.27. The number of rotatable bonds is 3. The maximum absolute atomic E-state index is 6.03. The van der Waals surface area contributed by atoms with E-state index < -0.39 is 0 Å². The van der Waals surface area contributed by atoms with Crippen LogP contribution < -0.4 is 4.74 Å². The summed E-state index contributed by atoms with van der Waals surface area (Å²) >= 11 is 12.0. The SMILES string of the molecule is Clc1ccccc1OCc1nc2c(Cl)cccn2n1. The molecule has 2 heterocycles. The maximum Gasteiger partial charge on any atom is 0.189 e. The largest absolute Gasteiger partial charge is 0.484 e. The highest BCUT2D eigenvalue weighted by Crippen LogP contribution is 2.24. The van der Waals surface area contributed by atoms with Crippen molar-refractivity contribution in [3.63, 3.8) is 0 Å². The first-order valence-corrected chi connectivity index (χ1v) is 6.37. The van der Waals surface area contributed by atoms with E-state index in [0.717, 1.165) is 0 Å². The van der Waals surface area contributed by atoms with Gasteiger partial charge in [-0.25, -0.2) is 9.50 Å². The van der Waals surface area contributed by atoms with E-state index in [-0.39, 0.29) is 6.61 Å². The number of nitrogens with zero attached hydrogens (tertiary/aromatic N) is 3. The number of halogens is 2. The summed E-state index contributed by atoms with van der Waals surface area (Å²) in [6.45, 7) is 0.238. The summed E-state index contributed by atoms with van der Waals surface area (Å²) in [6, 6.07) is 10.8. The number of hydrogen-bond donors (Lipinski definition) is 0. The minimum atomic E-state index is 0.238. The highest BCUT2D eigenvalue weighted by Gasteiger charge is 2.08. The molecular formula is C13H9Cl2N3O. The Hall–Kier alpha value is -1.78. The van der Waals surface area contributed by atoms with Gasteiger partial charge in [0.15, 0.2) is 11.5 Å². The van der Waals surface area contributed by atoms with Crippen LogP contribution in [0.25, 0.3) is 5.65 Å². The molecule has 0 aliphatic heterocycles. The van der Waals surface area contributed by atoms with Crippen molar-refractivity contribution in [1.82, 2.24) is 14.6 Å². The summed E-state index contributed by atoms with van der Waals surface area (Å²) in [4.78, 5) is 4.31. The molecule has 1 aromatic carbocycles. The van der Waals surface area contributed by atoms with Crippen molar-refractivity contribution < 1.29 is 4.74 Å². The zero-order chi connectivity index (χ0) is 13.2. The fraction of sp³-hybridized carbons (Fsp3) is 0.0769. The molecule has 6 heteroatoms. The smallest absolute Gasteiger partial charge is 0.189 e. The Morgan fingerprint density at radius 1 is 1.05 bits per heavy atom. The van der Waals surface area contributed by atoms with Crippen molar-refractivity contribution in [2.24, 2.45) is 0 Å². The van der Waals surface area contributed by atoms with E-state index in [9.17, 15) is 0 Å². The number of pyridine rings is 1. The number of benzene rings is 1. The van der Waals surface area contributed by atoms with Gasteiger partial charge in [0, 0.05) is 6.20 Å². The Morgan fingerprint density at radius 3 is 2.63 bits per heavy atom. The molecule has 0 unspecified atom stereocenters.